The Morgan fingerprint density at radius 3 is 1.85 bits per heavy atom. The van der Waals surface area contributed by atoms with Gasteiger partial charge in [0.1, 0.15) is 0 Å². The summed E-state index contributed by atoms with van der Waals surface area (Å²) in [5, 5.41) is 0. The van der Waals surface area contributed by atoms with Crippen molar-refractivity contribution in [2.45, 2.75) is 26.2 Å². The molecule has 0 fully saturated rings. The van der Waals surface area contributed by atoms with Crippen molar-refractivity contribution in [3.63, 3.8) is 0 Å². The van der Waals surface area contributed by atoms with Gasteiger partial charge < -0.3 is 6.92 Å². The van der Waals surface area contributed by atoms with Crippen LogP contribution in [0.1, 0.15) is 26.2 Å². The molecule has 0 heterocycles. The van der Waals surface area contributed by atoms with Crippen LogP contribution in [0.25, 0.3) is 0 Å². The molecule has 0 spiro atoms. The molecule has 0 radical (unpaired) electrons. The summed E-state index contributed by atoms with van der Waals surface area (Å²) in [7, 11) is 0. The molecule has 0 N–H and O–H groups in total. The van der Waals surface area contributed by atoms with Gasteiger partial charge in [0.15, 0.2) is 0 Å². The Hall–Kier alpha value is 1.79. The minimum absolute atomic E-state index is 0. The monoisotopic (exact) mass is 542 g/mol. The smallest absolute Gasteiger partial charge is 0 e. The zero-order chi connectivity index (χ0) is 6.95. The maximum absolute atomic E-state index is 3.60. The van der Waals surface area contributed by atoms with Gasteiger partial charge in [0.2, 0.25) is 0 Å². The Balaban J connectivity index is -0.0000000256. The molecule has 0 saturated heterocycles. The van der Waals surface area contributed by atoms with Crippen LogP contribution in [-0.4, -0.2) is 0 Å². The number of halogens is 3. The first-order valence-electron chi connectivity index (χ1n) is 3.42. The van der Waals surface area contributed by atoms with Gasteiger partial charge in [-0.3, -0.25) is 6.08 Å². The number of allylic oxidation sites excluding steroid dienone is 4. The first-order chi connectivity index (χ1) is 4.41. The Morgan fingerprint density at radius 1 is 1.31 bits per heavy atom. The second-order valence-corrected chi connectivity index (χ2v) is 1.86. The number of hydrogen-bond acceptors (Lipinski definition) is 0. The van der Waals surface area contributed by atoms with Gasteiger partial charge in [0, 0.05) is 25.8 Å². The second-order valence-electron chi connectivity index (χ2n) is 1.86. The molecule has 13 heavy (non-hydrogen) atoms. The fourth-order valence-corrected chi connectivity index (χ4v) is 0.340. The summed E-state index contributed by atoms with van der Waals surface area (Å²) in [6.45, 7) is 5.72. The van der Waals surface area contributed by atoms with E-state index in [0.29, 0.717) is 0 Å². The summed E-state index contributed by atoms with van der Waals surface area (Å²) >= 11 is 0. The van der Waals surface area contributed by atoms with Gasteiger partial charge in [-0.2, -0.15) is 12.5 Å². The van der Waals surface area contributed by atoms with Crippen LogP contribution in [0.3, 0.4) is 0 Å². The van der Waals surface area contributed by atoms with E-state index in [4.69, 9.17) is 0 Å². The first-order valence-corrected chi connectivity index (χ1v) is 3.42. The zero-order valence-corrected chi connectivity index (χ0v) is 16.5. The third-order valence-corrected chi connectivity index (χ3v) is 0.939. The standard InChI is InChI=1S/C5H5.C4H9.3BrH.Hf/c1-2-4-5-3-1;1-3-4-2;;;;/h1-3H,4H2;1,3-4H2,2H3;3*1H;/q2*-1;;;;. The van der Waals surface area contributed by atoms with E-state index in [-0.39, 0.29) is 76.8 Å². The summed E-state index contributed by atoms with van der Waals surface area (Å²) in [4.78, 5) is 0. The van der Waals surface area contributed by atoms with Crippen LogP contribution in [0.5, 0.6) is 0 Å². The fraction of sp³-hybridized carbons (Fsp3) is 0.444. The average molecular weight is 543 g/mol. The molecule has 80 valence electrons. The summed E-state index contributed by atoms with van der Waals surface area (Å²) in [6, 6.07) is 0. The third-order valence-electron chi connectivity index (χ3n) is 0.939. The number of rotatable bonds is 1. The van der Waals surface area contributed by atoms with E-state index in [1.165, 1.54) is 6.42 Å². The molecule has 0 nitrogen and oxygen atoms in total. The molecule has 1 rings (SSSR count). The molecule has 0 amide bonds. The summed E-state index contributed by atoms with van der Waals surface area (Å²) in [5.74, 6) is 0. The Kier molecular flexibility index (Phi) is 65.9. The SMILES string of the molecule is Br.Br.Br.[C-]1=CC=CC1.[CH2-]CCC.[Hf]. The van der Waals surface area contributed by atoms with Crippen LogP contribution in [0.2, 0.25) is 0 Å². The van der Waals surface area contributed by atoms with Crippen molar-refractivity contribution < 1.29 is 25.8 Å². The minimum atomic E-state index is 0. The quantitative estimate of drug-likeness (QED) is 0.334. The predicted molar refractivity (Wildman–Crippen MR) is 72.8 cm³/mol. The van der Waals surface area contributed by atoms with Gasteiger partial charge in [-0.15, -0.1) is 57.4 Å². The van der Waals surface area contributed by atoms with Crippen LogP contribution in [0.15, 0.2) is 18.2 Å². The Labute approximate surface area is 133 Å². The van der Waals surface area contributed by atoms with E-state index < -0.39 is 0 Å². The number of unbranched alkanes of at least 4 members (excludes halogenated alkanes) is 1. The first kappa shape index (κ1) is 29.3. The van der Waals surface area contributed by atoms with Crippen molar-refractivity contribution in [3.05, 3.63) is 31.2 Å². The van der Waals surface area contributed by atoms with E-state index in [1.54, 1.807) is 0 Å². The predicted octanol–water partition coefficient (Wildman–Crippen LogP) is 4.66. The van der Waals surface area contributed by atoms with Gasteiger partial charge in [-0.1, -0.05) is 13.3 Å². The summed E-state index contributed by atoms with van der Waals surface area (Å²) in [5.41, 5.74) is 0. The average Bonchev–Trinajstić information content (AvgIpc) is 2.43. The molecule has 1 aliphatic carbocycles. The van der Waals surface area contributed by atoms with Crippen molar-refractivity contribution in [1.29, 1.82) is 0 Å². The maximum atomic E-state index is 3.60. The van der Waals surface area contributed by atoms with Crippen molar-refractivity contribution in [1.82, 2.24) is 0 Å². The summed E-state index contributed by atoms with van der Waals surface area (Å²) in [6.07, 6.45) is 12.3. The van der Waals surface area contributed by atoms with Gasteiger partial charge >= 0.3 is 0 Å². The van der Waals surface area contributed by atoms with Gasteiger partial charge in [0.05, 0.1) is 0 Å². The normalized spacial score (nSPS) is 9.08. The molecule has 0 aromatic heterocycles. The van der Waals surface area contributed by atoms with Gasteiger partial charge in [0.25, 0.3) is 0 Å². The van der Waals surface area contributed by atoms with Crippen molar-refractivity contribution >= 4 is 50.9 Å². The van der Waals surface area contributed by atoms with Crippen molar-refractivity contribution in [2.24, 2.45) is 0 Å². The second kappa shape index (κ2) is 29.2. The van der Waals surface area contributed by atoms with Crippen LogP contribution in [0.4, 0.5) is 0 Å². The molecule has 4 heteroatoms. The molecule has 0 atom stereocenters. The van der Waals surface area contributed by atoms with Gasteiger partial charge in [-0.25, -0.2) is 12.2 Å². The molecular formula is C9H17Br3Hf-2. The fourth-order valence-electron chi connectivity index (χ4n) is 0.340. The van der Waals surface area contributed by atoms with E-state index in [9.17, 15) is 0 Å². The van der Waals surface area contributed by atoms with E-state index in [2.05, 4.69) is 26.0 Å². The van der Waals surface area contributed by atoms with Crippen LogP contribution >= 0.6 is 50.9 Å². The topological polar surface area (TPSA) is 0 Å². The Bertz CT molecular complexity index is 91.0. The van der Waals surface area contributed by atoms with E-state index in [1.807, 2.05) is 12.2 Å². The van der Waals surface area contributed by atoms with Crippen molar-refractivity contribution in [3.8, 4) is 0 Å². The molecular weight excluding hydrogens is 526 g/mol. The van der Waals surface area contributed by atoms with E-state index in [0.717, 1.165) is 12.8 Å². The van der Waals surface area contributed by atoms with Crippen LogP contribution in [0, 0.1) is 13.0 Å². The molecule has 0 bridgehead atoms. The van der Waals surface area contributed by atoms with E-state index >= 15 is 0 Å². The van der Waals surface area contributed by atoms with Crippen LogP contribution in [-0.2, 0) is 25.8 Å². The molecule has 0 aromatic rings. The molecule has 1 aliphatic rings. The number of hydrogen-bond donors (Lipinski definition) is 0. The van der Waals surface area contributed by atoms with Crippen LogP contribution < -0.4 is 0 Å². The maximum Gasteiger partial charge on any atom is 0 e. The molecule has 0 aliphatic heterocycles. The molecule has 0 aromatic carbocycles. The zero-order valence-electron chi connectivity index (χ0n) is 7.79. The largest absolute Gasteiger partial charge is 0.343 e. The molecule has 0 saturated carbocycles. The minimum Gasteiger partial charge on any atom is -0.343 e. The molecule has 0 unspecified atom stereocenters. The summed E-state index contributed by atoms with van der Waals surface area (Å²) < 4.78 is 0. The van der Waals surface area contributed by atoms with Gasteiger partial charge in [-0.05, 0) is 0 Å². The third kappa shape index (κ3) is 31.6. The Morgan fingerprint density at radius 2 is 1.77 bits per heavy atom. The van der Waals surface area contributed by atoms with Crippen molar-refractivity contribution in [2.75, 3.05) is 0 Å².